The van der Waals surface area contributed by atoms with Crippen molar-refractivity contribution >= 4 is 28.9 Å². The van der Waals surface area contributed by atoms with Gasteiger partial charge in [-0.3, -0.25) is 14.6 Å². The van der Waals surface area contributed by atoms with Crippen LogP contribution in [-0.2, 0) is 15.5 Å². The number of rotatable bonds is 8. The molecule has 0 spiro atoms. The number of benzene rings is 2. The number of amides is 2. The molecule has 0 radical (unpaired) electrons. The minimum absolute atomic E-state index is 0.112. The number of hydrazone groups is 1. The fourth-order valence-corrected chi connectivity index (χ4v) is 3.87. The number of nitrogens with one attached hydrogen (secondary N) is 1. The zero-order chi connectivity index (χ0) is 26.7. The Hall–Kier alpha value is -4.28. The average molecular weight is 514 g/mol. The summed E-state index contributed by atoms with van der Waals surface area (Å²) >= 11 is 0. The molecule has 1 unspecified atom stereocenters. The Kier molecular flexibility index (Phi) is 7.23. The van der Waals surface area contributed by atoms with Gasteiger partial charge in [-0.2, -0.15) is 18.9 Å². The van der Waals surface area contributed by atoms with Gasteiger partial charge in [-0.05, 0) is 49.4 Å². The summed E-state index contributed by atoms with van der Waals surface area (Å²) in [6, 6.07) is 14.2. The van der Waals surface area contributed by atoms with Crippen LogP contribution < -0.4 is 15.1 Å². The number of anilines is 2. The molecular weight excluding hydrogens is 492 g/mol. The summed E-state index contributed by atoms with van der Waals surface area (Å²) in [5.41, 5.74) is 0.744. The van der Waals surface area contributed by atoms with Crippen molar-refractivity contribution in [2.24, 2.45) is 11.0 Å². The van der Waals surface area contributed by atoms with Crippen LogP contribution in [0.25, 0.3) is 11.3 Å². The number of hydrogen-bond acceptors (Lipinski definition) is 5. The maximum Gasteiger partial charge on any atom is 0.387 e. The van der Waals surface area contributed by atoms with E-state index >= 15 is 0 Å². The lowest BCUT2D eigenvalue weighted by molar-refractivity contribution is -0.127. The first-order chi connectivity index (χ1) is 17.6. The summed E-state index contributed by atoms with van der Waals surface area (Å²) in [6.45, 7) is -0.245. The average Bonchev–Trinajstić information content (AvgIpc) is 3.18. The van der Waals surface area contributed by atoms with Gasteiger partial charge in [0, 0.05) is 29.4 Å². The van der Waals surface area contributed by atoms with Gasteiger partial charge in [-0.1, -0.05) is 25.1 Å². The highest BCUT2D eigenvalue weighted by Gasteiger charge is 2.40. The minimum atomic E-state index is -3.08. The SMILES string of the molecule is CCC(F)(F)c1cccc(NC(=O)C2C(=O)N(c3ccc(OC(F)F)c(-c4ccccn4)c3)N=C2C)c1. The quantitative estimate of drug-likeness (QED) is 0.303. The molecule has 0 saturated heterocycles. The largest absolute Gasteiger partial charge is 0.434 e. The lowest BCUT2D eigenvalue weighted by atomic mass is 10.0. The van der Waals surface area contributed by atoms with Crippen LogP contribution in [0.2, 0.25) is 0 Å². The Morgan fingerprint density at radius 2 is 1.92 bits per heavy atom. The van der Waals surface area contributed by atoms with Crippen molar-refractivity contribution in [3.63, 3.8) is 0 Å². The molecule has 2 aromatic carbocycles. The minimum Gasteiger partial charge on any atom is -0.434 e. The second kappa shape index (κ2) is 10.4. The highest BCUT2D eigenvalue weighted by Crippen LogP contribution is 2.36. The van der Waals surface area contributed by atoms with Crippen molar-refractivity contribution in [3.8, 4) is 17.0 Å². The van der Waals surface area contributed by atoms with Crippen LogP contribution in [0.15, 0.2) is 72.0 Å². The molecule has 1 atom stereocenters. The third-order valence-electron chi connectivity index (χ3n) is 5.75. The fourth-order valence-electron chi connectivity index (χ4n) is 3.87. The van der Waals surface area contributed by atoms with Crippen molar-refractivity contribution in [2.75, 3.05) is 10.3 Å². The summed E-state index contributed by atoms with van der Waals surface area (Å²) in [4.78, 5) is 30.3. The normalized spacial score (nSPS) is 15.6. The van der Waals surface area contributed by atoms with Crippen LogP contribution in [0.3, 0.4) is 0 Å². The molecule has 4 rings (SSSR count). The Morgan fingerprint density at radius 3 is 2.59 bits per heavy atom. The second-order valence-corrected chi connectivity index (χ2v) is 8.23. The number of ether oxygens (including phenoxy) is 1. The van der Waals surface area contributed by atoms with Gasteiger partial charge in [0.25, 0.3) is 11.8 Å². The summed E-state index contributed by atoms with van der Waals surface area (Å²) in [7, 11) is 0. The second-order valence-electron chi connectivity index (χ2n) is 8.23. The molecule has 0 fully saturated rings. The molecule has 2 amide bonds. The molecule has 1 N–H and O–H groups in total. The fraction of sp³-hybridized carbons (Fsp3) is 0.231. The third-order valence-corrected chi connectivity index (χ3v) is 5.75. The molecule has 1 aromatic heterocycles. The Morgan fingerprint density at radius 1 is 1.14 bits per heavy atom. The first-order valence-corrected chi connectivity index (χ1v) is 11.3. The number of nitrogens with zero attached hydrogens (tertiary/aromatic N) is 3. The third kappa shape index (κ3) is 5.45. The maximum atomic E-state index is 14.1. The van der Waals surface area contributed by atoms with Crippen LogP contribution in [0.1, 0.15) is 25.8 Å². The number of carbonyl (C=O) groups excluding carboxylic acids is 2. The molecule has 0 saturated carbocycles. The lowest BCUT2D eigenvalue weighted by Gasteiger charge is -2.18. The van der Waals surface area contributed by atoms with Gasteiger partial charge in [-0.25, -0.2) is 8.78 Å². The van der Waals surface area contributed by atoms with E-state index in [1.807, 2.05) is 0 Å². The Balaban J connectivity index is 1.59. The monoisotopic (exact) mass is 514 g/mol. The maximum absolute atomic E-state index is 14.1. The highest BCUT2D eigenvalue weighted by molar-refractivity contribution is 6.28. The number of aromatic nitrogens is 1. The van der Waals surface area contributed by atoms with E-state index in [9.17, 15) is 27.2 Å². The number of carbonyl (C=O) groups is 2. The molecule has 0 bridgehead atoms. The van der Waals surface area contributed by atoms with Gasteiger partial charge < -0.3 is 10.1 Å². The molecule has 3 aromatic rings. The van der Waals surface area contributed by atoms with E-state index in [1.165, 1.54) is 56.4 Å². The van der Waals surface area contributed by atoms with E-state index in [1.54, 1.807) is 18.2 Å². The molecule has 37 heavy (non-hydrogen) atoms. The Bertz CT molecular complexity index is 1350. The van der Waals surface area contributed by atoms with E-state index in [0.717, 1.165) is 11.1 Å². The number of hydrogen-bond donors (Lipinski definition) is 1. The number of pyridine rings is 1. The van der Waals surface area contributed by atoms with Crippen molar-refractivity contribution in [3.05, 3.63) is 72.4 Å². The predicted molar refractivity (Wildman–Crippen MR) is 130 cm³/mol. The summed E-state index contributed by atoms with van der Waals surface area (Å²) in [6.07, 6.45) is 1.07. The molecule has 11 heteroatoms. The first kappa shape index (κ1) is 25.8. The Labute approximate surface area is 209 Å². The molecule has 192 valence electrons. The smallest absolute Gasteiger partial charge is 0.387 e. The van der Waals surface area contributed by atoms with Gasteiger partial charge >= 0.3 is 6.61 Å². The van der Waals surface area contributed by atoms with Gasteiger partial charge in [-0.15, -0.1) is 0 Å². The van der Waals surface area contributed by atoms with Gasteiger partial charge in [0.2, 0.25) is 5.91 Å². The predicted octanol–water partition coefficient (Wildman–Crippen LogP) is 5.83. The molecule has 1 aliphatic rings. The summed E-state index contributed by atoms with van der Waals surface area (Å²) < 4.78 is 58.6. The van der Waals surface area contributed by atoms with E-state index in [4.69, 9.17) is 0 Å². The first-order valence-electron chi connectivity index (χ1n) is 11.3. The van der Waals surface area contributed by atoms with Gasteiger partial charge in [0.1, 0.15) is 5.75 Å². The van der Waals surface area contributed by atoms with Crippen LogP contribution in [0.5, 0.6) is 5.75 Å². The summed E-state index contributed by atoms with van der Waals surface area (Å²) in [5.74, 6) is -5.97. The highest BCUT2D eigenvalue weighted by atomic mass is 19.3. The van der Waals surface area contributed by atoms with Crippen LogP contribution >= 0.6 is 0 Å². The van der Waals surface area contributed by atoms with E-state index in [2.05, 4.69) is 20.1 Å². The topological polar surface area (TPSA) is 83.9 Å². The van der Waals surface area contributed by atoms with E-state index in [0.29, 0.717) is 5.69 Å². The van der Waals surface area contributed by atoms with Crippen molar-refractivity contribution in [1.29, 1.82) is 0 Å². The van der Waals surface area contributed by atoms with Crippen molar-refractivity contribution in [1.82, 2.24) is 4.98 Å². The van der Waals surface area contributed by atoms with Gasteiger partial charge in [0.15, 0.2) is 5.92 Å². The molecule has 2 heterocycles. The van der Waals surface area contributed by atoms with Crippen molar-refractivity contribution < 1.29 is 31.9 Å². The number of alkyl halides is 4. The van der Waals surface area contributed by atoms with Gasteiger partial charge in [0.05, 0.1) is 17.1 Å². The van der Waals surface area contributed by atoms with Crippen LogP contribution in [0.4, 0.5) is 28.9 Å². The van der Waals surface area contributed by atoms with E-state index < -0.39 is 36.7 Å². The molecule has 7 nitrogen and oxygen atoms in total. The van der Waals surface area contributed by atoms with E-state index in [-0.39, 0.29) is 34.0 Å². The van der Waals surface area contributed by atoms with Crippen molar-refractivity contribution in [2.45, 2.75) is 32.8 Å². The zero-order valence-electron chi connectivity index (χ0n) is 19.8. The molecular formula is C26H22F4N4O3. The molecule has 0 aliphatic carbocycles. The van der Waals surface area contributed by atoms with Crippen LogP contribution in [-0.4, -0.2) is 29.1 Å². The zero-order valence-corrected chi connectivity index (χ0v) is 19.8. The number of halogens is 4. The lowest BCUT2D eigenvalue weighted by Crippen LogP contribution is -2.36. The molecule has 1 aliphatic heterocycles. The standard InChI is InChI=1S/C26H22F4N4O3/c1-3-26(29,30)16-7-6-8-17(13-16)32-23(35)22-15(2)33-34(24(22)36)18-10-11-21(37-25(27)28)19(14-18)20-9-4-5-12-31-20/h4-14,22,25H,3H2,1-2H3,(H,32,35). The summed E-state index contributed by atoms with van der Waals surface area (Å²) in [5, 5.41) is 7.68. The van der Waals surface area contributed by atoms with Crippen LogP contribution in [0, 0.1) is 5.92 Å².